The summed E-state index contributed by atoms with van der Waals surface area (Å²) in [6, 6.07) is 5.42. The number of halogens is 1. The highest BCUT2D eigenvalue weighted by Gasteiger charge is 2.15. The Balaban J connectivity index is 2.15. The van der Waals surface area contributed by atoms with E-state index < -0.39 is 0 Å². The minimum atomic E-state index is -0.172. The monoisotopic (exact) mass is 298 g/mol. The van der Waals surface area contributed by atoms with E-state index in [-0.39, 0.29) is 5.91 Å². The van der Waals surface area contributed by atoms with Crippen LogP contribution in [0.15, 0.2) is 18.2 Å². The molecule has 0 radical (unpaired) electrons. The van der Waals surface area contributed by atoms with E-state index >= 15 is 0 Å². The molecule has 19 heavy (non-hydrogen) atoms. The molecule has 1 aromatic carbocycles. The van der Waals surface area contributed by atoms with E-state index in [1.807, 2.05) is 19.1 Å². The molecule has 0 atom stereocenters. The van der Waals surface area contributed by atoms with Crippen molar-refractivity contribution in [1.29, 1.82) is 0 Å². The normalized spacial score (nSPS) is 10.8. The maximum atomic E-state index is 12.0. The van der Waals surface area contributed by atoms with Crippen molar-refractivity contribution >= 4 is 44.6 Å². The molecular weight excluding hydrogens is 284 g/mol. The Labute approximate surface area is 120 Å². The third-order valence-corrected chi connectivity index (χ3v) is 4.03. The number of carbonyl (C=O) groups excluding carboxylic acids is 1. The molecule has 0 bridgehead atoms. The van der Waals surface area contributed by atoms with E-state index in [0.29, 0.717) is 35.3 Å². The molecule has 1 heterocycles. The number of benzene rings is 1. The van der Waals surface area contributed by atoms with Crippen molar-refractivity contribution in [3.8, 4) is 0 Å². The lowest BCUT2D eigenvalue weighted by atomic mass is 10.2. The van der Waals surface area contributed by atoms with Gasteiger partial charge in [-0.3, -0.25) is 4.79 Å². The molecule has 0 spiro atoms. The van der Waals surface area contributed by atoms with Crippen molar-refractivity contribution < 1.29 is 9.53 Å². The molecule has 0 fully saturated rings. The Bertz CT molecular complexity index is 598. The summed E-state index contributed by atoms with van der Waals surface area (Å²) in [5.41, 5.74) is 6.50. The lowest BCUT2D eigenvalue weighted by Gasteiger charge is -2.04. The van der Waals surface area contributed by atoms with Gasteiger partial charge in [0.05, 0.1) is 12.3 Å². The second-order valence-corrected chi connectivity index (χ2v) is 5.43. The van der Waals surface area contributed by atoms with E-state index in [0.717, 1.165) is 10.1 Å². The highest BCUT2D eigenvalue weighted by atomic mass is 35.5. The lowest BCUT2D eigenvalue weighted by molar-refractivity contribution is 0.0927. The summed E-state index contributed by atoms with van der Waals surface area (Å²) >= 11 is 7.27. The third-order valence-electron chi connectivity index (χ3n) is 2.63. The summed E-state index contributed by atoms with van der Waals surface area (Å²) in [7, 11) is 0. The number of hydrogen-bond acceptors (Lipinski definition) is 4. The van der Waals surface area contributed by atoms with Gasteiger partial charge >= 0.3 is 0 Å². The summed E-state index contributed by atoms with van der Waals surface area (Å²) in [6.45, 7) is 3.52. The second-order valence-electron chi connectivity index (χ2n) is 3.94. The molecule has 6 heteroatoms. The van der Waals surface area contributed by atoms with Crippen molar-refractivity contribution in [2.75, 3.05) is 25.5 Å². The molecule has 2 rings (SSSR count). The standard InChI is InChI=1S/C13H15ClN2O2S/c1-2-18-6-5-16-13(17)12-11(15)9-4-3-8(14)7-10(9)19-12/h3-4,7H,2,5-6,15H2,1H3,(H,16,17). The molecule has 0 aliphatic carbocycles. The Morgan fingerprint density at radius 3 is 3.05 bits per heavy atom. The van der Waals surface area contributed by atoms with Crippen LogP contribution in [0, 0.1) is 0 Å². The van der Waals surface area contributed by atoms with Crippen LogP contribution in [-0.2, 0) is 4.74 Å². The number of rotatable bonds is 5. The first-order valence-corrected chi connectivity index (χ1v) is 7.16. The van der Waals surface area contributed by atoms with Gasteiger partial charge in [-0.05, 0) is 25.1 Å². The number of ether oxygens (including phenoxy) is 1. The number of nitrogens with one attached hydrogen (secondary N) is 1. The molecule has 0 saturated heterocycles. The van der Waals surface area contributed by atoms with E-state index in [4.69, 9.17) is 22.1 Å². The van der Waals surface area contributed by atoms with Crippen molar-refractivity contribution in [2.45, 2.75) is 6.92 Å². The molecule has 0 saturated carbocycles. The minimum Gasteiger partial charge on any atom is -0.397 e. The predicted molar refractivity (Wildman–Crippen MR) is 80.1 cm³/mol. The average molecular weight is 299 g/mol. The van der Waals surface area contributed by atoms with Gasteiger partial charge in [-0.15, -0.1) is 11.3 Å². The average Bonchev–Trinajstić information content (AvgIpc) is 2.71. The molecule has 2 aromatic rings. The summed E-state index contributed by atoms with van der Waals surface area (Å²) < 4.78 is 6.08. The molecule has 3 N–H and O–H groups in total. The van der Waals surface area contributed by atoms with Crippen molar-refractivity contribution in [1.82, 2.24) is 5.32 Å². The fourth-order valence-corrected chi connectivity index (χ4v) is 3.04. The maximum Gasteiger partial charge on any atom is 0.263 e. The smallest absolute Gasteiger partial charge is 0.263 e. The predicted octanol–water partition coefficient (Wildman–Crippen LogP) is 2.90. The first-order valence-electron chi connectivity index (χ1n) is 5.97. The molecule has 1 amide bonds. The number of hydrogen-bond donors (Lipinski definition) is 2. The number of amides is 1. The quantitative estimate of drug-likeness (QED) is 0.834. The number of nitrogen functional groups attached to an aromatic ring is 1. The molecule has 1 aromatic heterocycles. The van der Waals surface area contributed by atoms with Gasteiger partial charge in [0.1, 0.15) is 4.88 Å². The van der Waals surface area contributed by atoms with E-state index in [1.165, 1.54) is 11.3 Å². The number of anilines is 1. The van der Waals surface area contributed by atoms with Crippen LogP contribution in [0.1, 0.15) is 16.6 Å². The summed E-state index contributed by atoms with van der Waals surface area (Å²) in [4.78, 5) is 12.5. The molecule has 4 nitrogen and oxygen atoms in total. The number of fused-ring (bicyclic) bond motifs is 1. The SMILES string of the molecule is CCOCCNC(=O)c1sc2cc(Cl)ccc2c1N. The number of thiophene rings is 1. The topological polar surface area (TPSA) is 64.3 Å². The molecule has 0 unspecified atom stereocenters. The Morgan fingerprint density at radius 2 is 2.32 bits per heavy atom. The molecule has 0 aliphatic rings. The van der Waals surface area contributed by atoms with Crippen LogP contribution in [0.4, 0.5) is 5.69 Å². The summed E-state index contributed by atoms with van der Waals surface area (Å²) in [5, 5.41) is 4.28. The zero-order valence-electron chi connectivity index (χ0n) is 10.5. The van der Waals surface area contributed by atoms with Crippen molar-refractivity contribution in [3.63, 3.8) is 0 Å². The lowest BCUT2D eigenvalue weighted by Crippen LogP contribution is -2.27. The Kier molecular flexibility index (Phi) is 4.63. The zero-order valence-corrected chi connectivity index (χ0v) is 12.1. The first kappa shape index (κ1) is 14.1. The molecule has 102 valence electrons. The maximum absolute atomic E-state index is 12.0. The third kappa shape index (κ3) is 3.18. The van der Waals surface area contributed by atoms with Crippen LogP contribution < -0.4 is 11.1 Å². The molecule has 0 aliphatic heterocycles. The van der Waals surface area contributed by atoms with Gasteiger partial charge in [0.15, 0.2) is 0 Å². The van der Waals surface area contributed by atoms with Crippen molar-refractivity contribution in [2.24, 2.45) is 0 Å². The van der Waals surface area contributed by atoms with Crippen LogP contribution in [0.5, 0.6) is 0 Å². The van der Waals surface area contributed by atoms with Gasteiger partial charge in [0, 0.05) is 28.3 Å². The zero-order chi connectivity index (χ0) is 13.8. The Hall–Kier alpha value is -1.30. The van der Waals surface area contributed by atoms with Crippen LogP contribution in [0.25, 0.3) is 10.1 Å². The van der Waals surface area contributed by atoms with Crippen LogP contribution in [0.2, 0.25) is 5.02 Å². The van der Waals surface area contributed by atoms with Gasteiger partial charge in [-0.2, -0.15) is 0 Å². The minimum absolute atomic E-state index is 0.172. The Morgan fingerprint density at radius 1 is 1.53 bits per heavy atom. The fraction of sp³-hybridized carbons (Fsp3) is 0.308. The van der Waals surface area contributed by atoms with Crippen LogP contribution in [0.3, 0.4) is 0 Å². The van der Waals surface area contributed by atoms with Gasteiger partial charge in [0.25, 0.3) is 5.91 Å². The largest absolute Gasteiger partial charge is 0.397 e. The fourth-order valence-electron chi connectivity index (χ4n) is 1.72. The van der Waals surface area contributed by atoms with Gasteiger partial charge < -0.3 is 15.8 Å². The van der Waals surface area contributed by atoms with Crippen molar-refractivity contribution in [3.05, 3.63) is 28.1 Å². The highest BCUT2D eigenvalue weighted by molar-refractivity contribution is 7.21. The second kappa shape index (κ2) is 6.23. The van der Waals surface area contributed by atoms with E-state index in [1.54, 1.807) is 6.07 Å². The van der Waals surface area contributed by atoms with E-state index in [2.05, 4.69) is 5.32 Å². The summed E-state index contributed by atoms with van der Waals surface area (Å²) in [6.07, 6.45) is 0. The molecular formula is C13H15ClN2O2S. The summed E-state index contributed by atoms with van der Waals surface area (Å²) in [5.74, 6) is -0.172. The number of carbonyl (C=O) groups is 1. The van der Waals surface area contributed by atoms with E-state index in [9.17, 15) is 4.79 Å². The first-order chi connectivity index (χ1) is 9.13. The highest BCUT2D eigenvalue weighted by Crippen LogP contribution is 2.34. The van der Waals surface area contributed by atoms with Gasteiger partial charge in [0.2, 0.25) is 0 Å². The van der Waals surface area contributed by atoms with Gasteiger partial charge in [-0.1, -0.05) is 11.6 Å². The van der Waals surface area contributed by atoms with Crippen LogP contribution >= 0.6 is 22.9 Å². The van der Waals surface area contributed by atoms with Gasteiger partial charge in [-0.25, -0.2) is 0 Å². The van der Waals surface area contributed by atoms with Crippen LogP contribution in [-0.4, -0.2) is 25.7 Å². The number of nitrogens with two attached hydrogens (primary N) is 1.